The van der Waals surface area contributed by atoms with E-state index in [2.05, 4.69) is 20.6 Å². The zero-order valence-electron chi connectivity index (χ0n) is 22.5. The average molecular weight is 570 g/mol. The second kappa shape index (κ2) is 11.7. The summed E-state index contributed by atoms with van der Waals surface area (Å²) in [7, 11) is 0. The van der Waals surface area contributed by atoms with Crippen molar-refractivity contribution in [3.05, 3.63) is 102 Å². The van der Waals surface area contributed by atoms with Crippen LogP contribution < -0.4 is 20.1 Å². The molecular weight excluding hydrogens is 541 g/mol. The van der Waals surface area contributed by atoms with Crippen molar-refractivity contribution in [2.45, 2.75) is 25.1 Å². The summed E-state index contributed by atoms with van der Waals surface area (Å²) in [5.41, 5.74) is 2.69. The monoisotopic (exact) mass is 569 g/mol. The summed E-state index contributed by atoms with van der Waals surface area (Å²) >= 11 is 0. The Morgan fingerprint density at radius 2 is 1.86 bits per heavy atom. The summed E-state index contributed by atoms with van der Waals surface area (Å²) < 4.78 is 26.5. The molecule has 0 unspecified atom stereocenters. The number of nitrogens with one attached hydrogen (secondary N) is 3. The Bertz CT molecular complexity index is 1630. The number of benzene rings is 2. The molecule has 0 saturated carbocycles. The van der Waals surface area contributed by atoms with Gasteiger partial charge in [0.1, 0.15) is 29.1 Å². The molecule has 214 valence electrons. The molecule has 2 aromatic carbocycles. The number of aromatic nitrogens is 2. The molecule has 4 heterocycles. The van der Waals surface area contributed by atoms with E-state index in [-0.39, 0.29) is 37.3 Å². The number of nitrogens with zero attached hydrogens (tertiary/aromatic N) is 2. The zero-order chi connectivity index (χ0) is 29.1. The van der Waals surface area contributed by atoms with Crippen LogP contribution in [0.2, 0.25) is 0 Å². The molecule has 3 N–H and O–H groups in total. The molecule has 2 aliphatic rings. The van der Waals surface area contributed by atoms with Gasteiger partial charge in [0.2, 0.25) is 0 Å². The number of hydrogen-bond donors (Lipinski definition) is 3. The first-order chi connectivity index (χ1) is 20.4. The fraction of sp³-hybridized carbons (Fsp3) is 0.226. The number of carbonyl (C=O) groups is 3. The lowest BCUT2D eigenvalue weighted by Crippen LogP contribution is -2.58. The predicted molar refractivity (Wildman–Crippen MR) is 150 cm³/mol. The van der Waals surface area contributed by atoms with Gasteiger partial charge in [0, 0.05) is 56.3 Å². The number of fused-ring (bicyclic) bond motifs is 8. The second-order valence-corrected chi connectivity index (χ2v) is 10.2. The first-order valence-electron chi connectivity index (χ1n) is 13.6. The lowest BCUT2D eigenvalue weighted by Gasteiger charge is -2.38. The van der Waals surface area contributed by atoms with Crippen molar-refractivity contribution in [3.63, 3.8) is 0 Å². The molecule has 10 nitrogen and oxygen atoms in total. The van der Waals surface area contributed by atoms with Crippen molar-refractivity contribution in [2.75, 3.05) is 19.7 Å². The van der Waals surface area contributed by atoms with E-state index in [1.54, 1.807) is 59.8 Å². The van der Waals surface area contributed by atoms with E-state index in [1.165, 1.54) is 18.3 Å². The van der Waals surface area contributed by atoms with E-state index in [9.17, 15) is 18.8 Å². The molecule has 11 heteroatoms. The quantitative estimate of drug-likeness (QED) is 0.323. The topological polar surface area (TPSA) is 126 Å². The average Bonchev–Trinajstić information content (AvgIpc) is 3.54. The van der Waals surface area contributed by atoms with Gasteiger partial charge in [-0.15, -0.1) is 0 Å². The second-order valence-electron chi connectivity index (χ2n) is 10.2. The van der Waals surface area contributed by atoms with Crippen LogP contribution in [0.5, 0.6) is 11.5 Å². The number of piperidine rings is 1. The minimum Gasteiger partial charge on any atom is -0.488 e. The van der Waals surface area contributed by atoms with Gasteiger partial charge in [0.15, 0.2) is 6.61 Å². The van der Waals surface area contributed by atoms with Crippen molar-refractivity contribution >= 4 is 17.7 Å². The van der Waals surface area contributed by atoms with Gasteiger partial charge < -0.3 is 30.0 Å². The molecule has 3 amide bonds. The molecule has 0 spiro atoms. The number of pyridine rings is 1. The minimum atomic E-state index is -0.612. The summed E-state index contributed by atoms with van der Waals surface area (Å²) in [5, 5.41) is 5.76. The lowest BCUT2D eigenvalue weighted by atomic mass is 10.00. The molecule has 2 aliphatic heterocycles. The van der Waals surface area contributed by atoms with Crippen molar-refractivity contribution in [3.8, 4) is 22.6 Å². The van der Waals surface area contributed by atoms with Crippen LogP contribution in [0.1, 0.15) is 32.8 Å². The molecule has 6 rings (SSSR count). The van der Waals surface area contributed by atoms with Crippen molar-refractivity contribution in [1.82, 2.24) is 25.5 Å². The van der Waals surface area contributed by atoms with Crippen LogP contribution in [0.4, 0.5) is 4.39 Å². The molecule has 4 aromatic rings. The molecule has 0 aliphatic carbocycles. The molecule has 42 heavy (non-hydrogen) atoms. The van der Waals surface area contributed by atoms with E-state index in [0.29, 0.717) is 41.1 Å². The highest BCUT2D eigenvalue weighted by Crippen LogP contribution is 2.26. The normalized spacial score (nSPS) is 19.0. The molecular formula is C31H28FN5O5. The highest BCUT2D eigenvalue weighted by molar-refractivity contribution is 5.96. The maximum absolute atomic E-state index is 14.6. The van der Waals surface area contributed by atoms with Crippen LogP contribution >= 0.6 is 0 Å². The van der Waals surface area contributed by atoms with Gasteiger partial charge in [-0.2, -0.15) is 0 Å². The third-order valence-electron chi connectivity index (χ3n) is 7.23. The van der Waals surface area contributed by atoms with Crippen molar-refractivity contribution in [1.29, 1.82) is 0 Å². The van der Waals surface area contributed by atoms with Gasteiger partial charge in [0.05, 0.1) is 11.6 Å². The van der Waals surface area contributed by atoms with Gasteiger partial charge in [-0.25, -0.2) is 4.39 Å². The van der Waals surface area contributed by atoms with Crippen LogP contribution in [0.15, 0.2) is 79.3 Å². The molecule has 1 fully saturated rings. The summed E-state index contributed by atoms with van der Waals surface area (Å²) in [6, 6.07) is 15.9. The van der Waals surface area contributed by atoms with Gasteiger partial charge in [-0.3, -0.25) is 19.4 Å². The van der Waals surface area contributed by atoms with E-state index in [0.717, 1.165) is 5.56 Å². The van der Waals surface area contributed by atoms with E-state index in [1.807, 2.05) is 6.07 Å². The predicted octanol–water partition coefficient (Wildman–Crippen LogP) is 3.32. The van der Waals surface area contributed by atoms with Crippen LogP contribution in [-0.2, 0) is 11.3 Å². The Morgan fingerprint density at radius 3 is 2.71 bits per heavy atom. The number of hydrogen-bond acceptors (Lipinski definition) is 6. The van der Waals surface area contributed by atoms with Crippen molar-refractivity contribution in [2.24, 2.45) is 0 Å². The highest BCUT2D eigenvalue weighted by Gasteiger charge is 2.35. The number of likely N-dealkylation sites (tertiary alicyclic amines) is 1. The van der Waals surface area contributed by atoms with E-state index < -0.39 is 23.9 Å². The molecule has 2 atom stereocenters. The fourth-order valence-electron chi connectivity index (χ4n) is 5.13. The number of aromatic amines is 1. The first-order valence-corrected chi connectivity index (χ1v) is 13.6. The number of amides is 3. The van der Waals surface area contributed by atoms with Crippen LogP contribution in [0.25, 0.3) is 11.1 Å². The van der Waals surface area contributed by atoms with Gasteiger partial charge >= 0.3 is 0 Å². The largest absolute Gasteiger partial charge is 0.488 e. The third kappa shape index (κ3) is 6.09. The molecule has 1 saturated heterocycles. The number of ether oxygens (including phenoxy) is 2. The van der Waals surface area contributed by atoms with Crippen LogP contribution in [0.3, 0.4) is 0 Å². The zero-order valence-corrected chi connectivity index (χ0v) is 22.5. The number of carbonyl (C=O) groups excluding carboxylic acids is 3. The minimum absolute atomic E-state index is 0.0666. The standard InChI is InChI=1S/C31H28FN5O5/c32-23-9-19-10-25(13-23)42-28-6-8-37(31(40)26-5-2-7-34-26)17-27(28)36-30(39)22-11-21(15-33-16-22)20-3-1-4-24(12-20)41-18-29(38)35-14-19/h1-5,7,9-13,15-16,27-28,34H,6,8,14,17-18H2,(H,35,38)(H,36,39)/t27-,28+/m1/s1. The first kappa shape index (κ1) is 27.0. The summed E-state index contributed by atoms with van der Waals surface area (Å²) in [5.74, 6) is -0.772. The SMILES string of the molecule is O=C1COc2cccc(c2)-c2cncc(c2)C(=O)N[C@@H]2CN(C(=O)c3ccc[nH]3)CC[C@@H]2Oc2cc(F)cc(c2)CN1. The Kier molecular flexibility index (Phi) is 7.54. The smallest absolute Gasteiger partial charge is 0.270 e. The van der Waals surface area contributed by atoms with Gasteiger partial charge in [-0.1, -0.05) is 12.1 Å². The van der Waals surface area contributed by atoms with E-state index >= 15 is 0 Å². The summed E-state index contributed by atoms with van der Waals surface area (Å²) in [6.45, 7) is 0.390. The number of H-pyrrole nitrogens is 1. The third-order valence-corrected chi connectivity index (χ3v) is 7.23. The van der Waals surface area contributed by atoms with Crippen LogP contribution in [-0.4, -0.2) is 64.4 Å². The summed E-state index contributed by atoms with van der Waals surface area (Å²) in [4.78, 5) is 48.0. The number of halogens is 1. The van der Waals surface area contributed by atoms with Gasteiger partial charge in [0.25, 0.3) is 17.7 Å². The molecule has 0 radical (unpaired) electrons. The fourth-order valence-corrected chi connectivity index (χ4v) is 5.13. The Balaban J connectivity index is 1.34. The number of rotatable bonds is 1. The molecule has 2 aromatic heterocycles. The van der Waals surface area contributed by atoms with Gasteiger partial charge in [-0.05, 0) is 53.6 Å². The summed E-state index contributed by atoms with van der Waals surface area (Å²) in [6.07, 6.45) is 4.60. The maximum Gasteiger partial charge on any atom is 0.270 e. The lowest BCUT2D eigenvalue weighted by molar-refractivity contribution is -0.123. The Labute approximate surface area is 240 Å². The van der Waals surface area contributed by atoms with E-state index in [4.69, 9.17) is 9.47 Å². The van der Waals surface area contributed by atoms with Crippen LogP contribution in [0, 0.1) is 5.82 Å². The van der Waals surface area contributed by atoms with Crippen molar-refractivity contribution < 1.29 is 28.2 Å². The Hall–Kier alpha value is -5.19. The highest BCUT2D eigenvalue weighted by atomic mass is 19.1. The Morgan fingerprint density at radius 1 is 0.976 bits per heavy atom. The molecule has 6 bridgehead atoms. The maximum atomic E-state index is 14.6.